The number of hydrogen-bond donors (Lipinski definition) is 1. The quantitative estimate of drug-likeness (QED) is 0.738. The molecule has 104 valence electrons. The Hall–Kier alpha value is -2.64. The average Bonchev–Trinajstić information content (AvgIpc) is 2.99. The highest BCUT2D eigenvalue weighted by atomic mass is 16.5. The summed E-state index contributed by atoms with van der Waals surface area (Å²) < 4.78 is 8.86. The van der Waals surface area contributed by atoms with Crippen LogP contribution >= 0.6 is 0 Å². The van der Waals surface area contributed by atoms with Crippen molar-refractivity contribution in [3.63, 3.8) is 0 Å². The summed E-state index contributed by atoms with van der Waals surface area (Å²) in [6.45, 7) is 0.669. The van der Waals surface area contributed by atoms with Crippen molar-refractivity contribution in [1.29, 1.82) is 0 Å². The predicted octanol–water partition coefficient (Wildman–Crippen LogP) is 0.393. The van der Waals surface area contributed by atoms with Gasteiger partial charge < -0.3 is 10.5 Å². The van der Waals surface area contributed by atoms with E-state index in [1.807, 2.05) is 22.4 Å². The maximum absolute atomic E-state index is 5.96. The number of nitrogens with zero attached hydrogens (tertiary/aromatic N) is 6. The number of nitrogens with two attached hydrogens (primary N) is 1. The topological polar surface area (TPSA) is 96.7 Å². The molecule has 8 nitrogen and oxygen atoms in total. The number of nitrogen functional groups attached to an aromatic ring is 1. The molecule has 0 atom stereocenters. The van der Waals surface area contributed by atoms with E-state index in [0.29, 0.717) is 29.5 Å². The second kappa shape index (κ2) is 4.80. The van der Waals surface area contributed by atoms with Gasteiger partial charge in [0.2, 0.25) is 11.8 Å². The van der Waals surface area contributed by atoms with Crippen LogP contribution in [0.4, 0.5) is 5.95 Å². The van der Waals surface area contributed by atoms with Crippen LogP contribution in [-0.2, 0) is 20.0 Å². The molecule has 3 aromatic heterocycles. The highest BCUT2D eigenvalue weighted by Gasteiger charge is 2.14. The van der Waals surface area contributed by atoms with Crippen LogP contribution in [0.25, 0.3) is 11.2 Å². The zero-order chi connectivity index (χ0) is 14.1. The lowest BCUT2D eigenvalue weighted by Crippen LogP contribution is -2.08. The summed E-state index contributed by atoms with van der Waals surface area (Å²) in [6.07, 6.45) is 4.01. The zero-order valence-electron chi connectivity index (χ0n) is 11.3. The first-order chi connectivity index (χ1) is 9.70. The fraction of sp³-hybridized carbons (Fsp3) is 0.333. The minimum atomic E-state index is 0.404. The Kier molecular flexibility index (Phi) is 2.97. The van der Waals surface area contributed by atoms with E-state index >= 15 is 0 Å². The SMILES string of the molecule is COc1ncnc2c1nc(N)n2CCc1ccnn1C. The van der Waals surface area contributed by atoms with E-state index < -0.39 is 0 Å². The Balaban J connectivity index is 1.95. The summed E-state index contributed by atoms with van der Waals surface area (Å²) >= 11 is 0. The van der Waals surface area contributed by atoms with Crippen molar-refractivity contribution in [3.8, 4) is 5.88 Å². The third-order valence-electron chi connectivity index (χ3n) is 3.24. The van der Waals surface area contributed by atoms with E-state index in [2.05, 4.69) is 20.1 Å². The van der Waals surface area contributed by atoms with Gasteiger partial charge in [0.1, 0.15) is 6.33 Å². The fourth-order valence-corrected chi connectivity index (χ4v) is 2.18. The lowest BCUT2D eigenvalue weighted by molar-refractivity contribution is 0.401. The summed E-state index contributed by atoms with van der Waals surface area (Å²) in [5.74, 6) is 0.835. The number of aryl methyl sites for hydroxylation is 3. The minimum absolute atomic E-state index is 0.404. The number of rotatable bonds is 4. The predicted molar refractivity (Wildman–Crippen MR) is 73.2 cm³/mol. The summed E-state index contributed by atoms with van der Waals surface area (Å²) in [6, 6.07) is 1.98. The van der Waals surface area contributed by atoms with Crippen molar-refractivity contribution >= 4 is 17.1 Å². The summed E-state index contributed by atoms with van der Waals surface area (Å²) in [4.78, 5) is 12.5. The Morgan fingerprint density at radius 2 is 2.20 bits per heavy atom. The van der Waals surface area contributed by atoms with Crippen molar-refractivity contribution in [3.05, 3.63) is 24.3 Å². The Morgan fingerprint density at radius 1 is 1.35 bits per heavy atom. The van der Waals surface area contributed by atoms with Crippen LogP contribution in [0.5, 0.6) is 5.88 Å². The van der Waals surface area contributed by atoms with Crippen LogP contribution in [0.15, 0.2) is 18.6 Å². The van der Waals surface area contributed by atoms with Crippen molar-refractivity contribution in [2.75, 3.05) is 12.8 Å². The van der Waals surface area contributed by atoms with Gasteiger partial charge in [-0.3, -0.25) is 9.25 Å². The third-order valence-corrected chi connectivity index (χ3v) is 3.24. The first kappa shape index (κ1) is 12.4. The van der Waals surface area contributed by atoms with Gasteiger partial charge in [0.25, 0.3) is 0 Å². The van der Waals surface area contributed by atoms with Crippen molar-refractivity contribution in [1.82, 2.24) is 29.3 Å². The zero-order valence-corrected chi connectivity index (χ0v) is 11.3. The molecule has 0 aromatic carbocycles. The van der Waals surface area contributed by atoms with E-state index in [1.165, 1.54) is 6.33 Å². The highest BCUT2D eigenvalue weighted by Crippen LogP contribution is 2.22. The monoisotopic (exact) mass is 273 g/mol. The molecule has 0 aliphatic heterocycles. The highest BCUT2D eigenvalue weighted by molar-refractivity contribution is 5.78. The Bertz CT molecular complexity index is 745. The maximum atomic E-state index is 5.96. The number of imidazole rings is 1. The van der Waals surface area contributed by atoms with Gasteiger partial charge in [0.05, 0.1) is 7.11 Å². The molecule has 2 N–H and O–H groups in total. The van der Waals surface area contributed by atoms with Crippen LogP contribution < -0.4 is 10.5 Å². The molecule has 3 aromatic rings. The molecule has 0 fully saturated rings. The van der Waals surface area contributed by atoms with Crippen LogP contribution in [0, 0.1) is 0 Å². The number of methoxy groups -OCH3 is 1. The van der Waals surface area contributed by atoms with Gasteiger partial charge in [-0.1, -0.05) is 0 Å². The second-order valence-electron chi connectivity index (χ2n) is 4.37. The van der Waals surface area contributed by atoms with Crippen LogP contribution in [0.1, 0.15) is 5.69 Å². The molecule has 0 aliphatic rings. The third kappa shape index (κ3) is 1.94. The maximum Gasteiger partial charge on any atom is 0.245 e. The number of aromatic nitrogens is 6. The fourth-order valence-electron chi connectivity index (χ4n) is 2.18. The van der Waals surface area contributed by atoms with E-state index in [1.54, 1.807) is 13.3 Å². The normalized spacial score (nSPS) is 11.1. The number of hydrogen-bond acceptors (Lipinski definition) is 6. The summed E-state index contributed by atoms with van der Waals surface area (Å²) in [7, 11) is 3.46. The molecule has 3 rings (SSSR count). The molecule has 0 aliphatic carbocycles. The Labute approximate surface area is 115 Å². The molecule has 0 spiro atoms. The molecule has 0 unspecified atom stereocenters. The minimum Gasteiger partial charge on any atom is -0.479 e. The van der Waals surface area contributed by atoms with Gasteiger partial charge in [-0.05, 0) is 6.07 Å². The standard InChI is InChI=1S/C12H15N7O/c1-18-8(3-5-16-18)4-6-19-10-9(17-12(19)13)11(20-2)15-7-14-10/h3,5,7H,4,6H2,1-2H3,(H2,13,17). The molecular weight excluding hydrogens is 258 g/mol. The van der Waals surface area contributed by atoms with Crippen LogP contribution in [0.3, 0.4) is 0 Å². The van der Waals surface area contributed by atoms with E-state index in [9.17, 15) is 0 Å². The average molecular weight is 273 g/mol. The Morgan fingerprint density at radius 3 is 2.90 bits per heavy atom. The van der Waals surface area contributed by atoms with Crippen molar-refractivity contribution in [2.24, 2.45) is 7.05 Å². The van der Waals surface area contributed by atoms with Gasteiger partial charge in [-0.15, -0.1) is 0 Å². The summed E-state index contributed by atoms with van der Waals surface area (Å²) in [5, 5.41) is 4.14. The molecule has 3 heterocycles. The van der Waals surface area contributed by atoms with Gasteiger partial charge in [-0.25, -0.2) is 9.97 Å². The van der Waals surface area contributed by atoms with Crippen molar-refractivity contribution < 1.29 is 4.74 Å². The van der Waals surface area contributed by atoms with Gasteiger partial charge in [-0.2, -0.15) is 10.1 Å². The molecular formula is C12H15N7O. The lowest BCUT2D eigenvalue weighted by atomic mass is 10.3. The number of fused-ring (bicyclic) bond motifs is 1. The van der Waals surface area contributed by atoms with E-state index in [4.69, 9.17) is 10.5 Å². The molecule has 0 saturated carbocycles. The molecule has 0 bridgehead atoms. The molecule has 8 heteroatoms. The number of ether oxygens (including phenoxy) is 1. The smallest absolute Gasteiger partial charge is 0.245 e. The largest absolute Gasteiger partial charge is 0.479 e. The van der Waals surface area contributed by atoms with Gasteiger partial charge in [0, 0.05) is 31.9 Å². The van der Waals surface area contributed by atoms with Crippen LogP contribution in [0.2, 0.25) is 0 Å². The van der Waals surface area contributed by atoms with Gasteiger partial charge >= 0.3 is 0 Å². The van der Waals surface area contributed by atoms with Crippen molar-refractivity contribution in [2.45, 2.75) is 13.0 Å². The van der Waals surface area contributed by atoms with Crippen LogP contribution in [-0.4, -0.2) is 36.4 Å². The summed E-state index contributed by atoms with van der Waals surface area (Å²) in [5.41, 5.74) is 8.34. The molecule has 0 radical (unpaired) electrons. The first-order valence-electron chi connectivity index (χ1n) is 6.18. The lowest BCUT2D eigenvalue weighted by Gasteiger charge is -2.06. The van der Waals surface area contributed by atoms with E-state index in [-0.39, 0.29) is 0 Å². The molecule has 20 heavy (non-hydrogen) atoms. The van der Waals surface area contributed by atoms with E-state index in [0.717, 1.165) is 12.1 Å². The second-order valence-corrected chi connectivity index (χ2v) is 4.37. The first-order valence-corrected chi connectivity index (χ1v) is 6.18. The van der Waals surface area contributed by atoms with Gasteiger partial charge in [0.15, 0.2) is 11.2 Å². The number of anilines is 1. The molecule has 0 saturated heterocycles. The molecule has 0 amide bonds.